The lowest BCUT2D eigenvalue weighted by Gasteiger charge is -2.63. The van der Waals surface area contributed by atoms with Crippen LogP contribution < -0.4 is 25.2 Å². The van der Waals surface area contributed by atoms with Gasteiger partial charge in [0.05, 0.1) is 27.3 Å². The molecule has 0 radical (unpaired) electrons. The number of hydrogen-bond acceptors (Lipinski definition) is 11. The maximum absolute atomic E-state index is 13.5. The maximum atomic E-state index is 13.5. The average molecular weight is 849 g/mol. The Labute approximate surface area is 361 Å². The van der Waals surface area contributed by atoms with Crippen LogP contribution in [0.15, 0.2) is 54.7 Å². The molecular formula is C46H53ClN8O6. The van der Waals surface area contributed by atoms with Crippen molar-refractivity contribution in [2.75, 3.05) is 42.5 Å². The normalized spacial score (nSPS) is 26.3. The molecule has 14 nitrogen and oxygen atoms in total. The minimum absolute atomic E-state index is 0.0825. The summed E-state index contributed by atoms with van der Waals surface area (Å²) in [7, 11) is 0. The molecule has 320 valence electrons. The number of fused-ring (bicyclic) bond motifs is 1. The van der Waals surface area contributed by atoms with E-state index in [9.17, 15) is 29.2 Å². The van der Waals surface area contributed by atoms with E-state index in [0.29, 0.717) is 33.4 Å². The number of anilines is 2. The molecule has 3 aromatic rings. The smallest absolute Gasteiger partial charge is 0.262 e. The van der Waals surface area contributed by atoms with Crippen molar-refractivity contribution in [3.63, 3.8) is 0 Å². The van der Waals surface area contributed by atoms with Gasteiger partial charge in [-0.15, -0.1) is 0 Å². The Hall–Kier alpha value is -5.52. The Morgan fingerprint density at radius 3 is 2.25 bits per heavy atom. The number of amides is 5. The number of carbonyl (C=O) groups excluding carboxylic acids is 5. The van der Waals surface area contributed by atoms with Crippen LogP contribution in [0.4, 0.5) is 11.5 Å². The summed E-state index contributed by atoms with van der Waals surface area (Å²) >= 11 is 6.26. The number of nitrogens with one attached hydrogen (secondary N) is 2. The molecule has 5 heterocycles. The zero-order valence-corrected chi connectivity index (χ0v) is 36.3. The first-order valence-corrected chi connectivity index (χ1v) is 21.6. The fourth-order valence-corrected chi connectivity index (χ4v) is 11.2. The number of nitriles is 1. The van der Waals surface area contributed by atoms with Gasteiger partial charge >= 0.3 is 0 Å². The van der Waals surface area contributed by atoms with Gasteiger partial charge in [-0.3, -0.25) is 39.1 Å². The quantitative estimate of drug-likeness (QED) is 0.264. The van der Waals surface area contributed by atoms with Gasteiger partial charge in [-0.1, -0.05) is 39.3 Å². The van der Waals surface area contributed by atoms with Gasteiger partial charge in [0.15, 0.2) is 0 Å². The predicted molar refractivity (Wildman–Crippen MR) is 230 cm³/mol. The molecule has 1 aliphatic carbocycles. The van der Waals surface area contributed by atoms with Crippen LogP contribution in [-0.4, -0.2) is 107 Å². The van der Waals surface area contributed by atoms with Gasteiger partial charge in [-0.05, 0) is 81.5 Å². The number of carbonyl (C=O) groups is 5. The van der Waals surface area contributed by atoms with Gasteiger partial charge in [0, 0.05) is 86.1 Å². The van der Waals surface area contributed by atoms with Crippen molar-refractivity contribution >= 4 is 52.6 Å². The fourth-order valence-electron chi connectivity index (χ4n) is 10.9. The second kappa shape index (κ2) is 16.1. The minimum Gasteiger partial charge on any atom is -0.489 e. The van der Waals surface area contributed by atoms with E-state index < -0.39 is 29.7 Å². The number of nitrogens with zero attached hydrogens (tertiary/aromatic N) is 6. The van der Waals surface area contributed by atoms with E-state index in [1.165, 1.54) is 0 Å². The molecule has 4 fully saturated rings. The van der Waals surface area contributed by atoms with Gasteiger partial charge in [0.25, 0.3) is 17.7 Å². The van der Waals surface area contributed by atoms with Crippen LogP contribution in [0.3, 0.4) is 0 Å². The molecule has 5 aliphatic rings. The summed E-state index contributed by atoms with van der Waals surface area (Å²) in [6.45, 7) is 17.2. The largest absolute Gasteiger partial charge is 0.489 e. The van der Waals surface area contributed by atoms with E-state index in [4.69, 9.17) is 21.3 Å². The molecule has 61 heavy (non-hydrogen) atoms. The highest BCUT2D eigenvalue weighted by Crippen LogP contribution is 2.55. The number of halogens is 1. The summed E-state index contributed by atoms with van der Waals surface area (Å²) < 4.78 is 6.38. The summed E-state index contributed by atoms with van der Waals surface area (Å²) in [6.07, 6.45) is 3.73. The number of piperazine rings is 1. The summed E-state index contributed by atoms with van der Waals surface area (Å²) in [5.74, 6) is -0.203. The zero-order chi connectivity index (χ0) is 43.5. The minimum atomic E-state index is -0.990. The standard InChI is InChI=1S/C46H53ClN8O6/c1-26-23-52(24-27(2)54(26)31-9-11-33-34(19-31)42(60)55(41(33)59)36-12-14-38(56)50-40(36)58)25-28-15-17-53(18-16-28)37-13-8-30(22-49-37)39(57)51-43-45(3,4)44(46(43,5)6)61-32-10-7-29(21-48)35(47)20-32/h7-11,13,19-20,22,26-28,36,43-44H,12,14-18,23-25H2,1-6H3,(H,51,57)(H,50,56,58)/t26?,27?,36?,43-,44-. The van der Waals surface area contributed by atoms with E-state index in [0.717, 1.165) is 62.0 Å². The summed E-state index contributed by atoms with van der Waals surface area (Å²) in [4.78, 5) is 77.3. The molecular weight excluding hydrogens is 796 g/mol. The molecule has 3 atom stereocenters. The molecule has 4 aliphatic heterocycles. The lowest BCUT2D eigenvalue weighted by Crippen LogP contribution is -2.74. The molecule has 1 saturated carbocycles. The molecule has 2 N–H and O–H groups in total. The molecule has 8 rings (SSSR count). The predicted octanol–water partition coefficient (Wildman–Crippen LogP) is 5.44. The lowest BCUT2D eigenvalue weighted by atomic mass is 9.49. The van der Waals surface area contributed by atoms with Crippen LogP contribution in [0.25, 0.3) is 0 Å². The third kappa shape index (κ3) is 7.71. The molecule has 0 spiro atoms. The van der Waals surface area contributed by atoms with Crippen molar-refractivity contribution in [2.45, 2.75) is 97.5 Å². The third-order valence-corrected chi connectivity index (χ3v) is 13.9. The first-order chi connectivity index (χ1) is 29.0. The van der Waals surface area contributed by atoms with Gasteiger partial charge in [0.1, 0.15) is 29.8 Å². The number of hydrogen-bond donors (Lipinski definition) is 2. The van der Waals surface area contributed by atoms with E-state index in [-0.39, 0.29) is 59.4 Å². The Balaban J connectivity index is 0.816. The topological polar surface area (TPSA) is 168 Å². The molecule has 0 bridgehead atoms. The second-order valence-electron chi connectivity index (χ2n) is 18.6. The molecule has 5 amide bonds. The van der Waals surface area contributed by atoms with Crippen molar-refractivity contribution in [3.05, 3.63) is 82.0 Å². The second-order valence-corrected chi connectivity index (χ2v) is 19.0. The van der Waals surface area contributed by atoms with Crippen LogP contribution in [0.2, 0.25) is 5.02 Å². The molecule has 3 saturated heterocycles. The van der Waals surface area contributed by atoms with Gasteiger partial charge in [0.2, 0.25) is 11.8 Å². The van der Waals surface area contributed by atoms with E-state index >= 15 is 0 Å². The van der Waals surface area contributed by atoms with Crippen molar-refractivity contribution in [3.8, 4) is 11.8 Å². The van der Waals surface area contributed by atoms with Crippen LogP contribution in [-0.2, 0) is 9.59 Å². The van der Waals surface area contributed by atoms with Crippen LogP contribution in [0.1, 0.15) is 104 Å². The summed E-state index contributed by atoms with van der Waals surface area (Å²) in [5.41, 5.74) is 1.59. The number of piperidine rings is 2. The Bertz CT molecular complexity index is 2290. The Morgan fingerprint density at radius 2 is 1.62 bits per heavy atom. The zero-order valence-electron chi connectivity index (χ0n) is 35.5. The Kier molecular flexibility index (Phi) is 11.1. The van der Waals surface area contributed by atoms with Crippen LogP contribution >= 0.6 is 11.6 Å². The number of ether oxygens (including phenoxy) is 1. The lowest BCUT2D eigenvalue weighted by molar-refractivity contribution is -0.164. The van der Waals surface area contributed by atoms with E-state index in [1.54, 1.807) is 36.5 Å². The van der Waals surface area contributed by atoms with Crippen LogP contribution in [0.5, 0.6) is 5.75 Å². The molecule has 2 aromatic carbocycles. The number of aromatic nitrogens is 1. The summed E-state index contributed by atoms with van der Waals surface area (Å²) in [5, 5.41) is 15.1. The number of imide groups is 2. The number of rotatable bonds is 9. The number of benzene rings is 2. The highest BCUT2D eigenvalue weighted by molar-refractivity contribution is 6.31. The van der Waals surface area contributed by atoms with E-state index in [1.807, 2.05) is 18.2 Å². The highest BCUT2D eigenvalue weighted by atomic mass is 35.5. The van der Waals surface area contributed by atoms with Crippen molar-refractivity contribution < 1.29 is 28.7 Å². The molecule has 1 aromatic heterocycles. The van der Waals surface area contributed by atoms with Gasteiger partial charge < -0.3 is 19.9 Å². The maximum Gasteiger partial charge on any atom is 0.262 e. The third-order valence-electron chi connectivity index (χ3n) is 13.6. The fraction of sp³-hybridized carbons (Fsp3) is 0.500. The van der Waals surface area contributed by atoms with E-state index in [2.05, 4.69) is 72.9 Å². The van der Waals surface area contributed by atoms with Crippen molar-refractivity contribution in [1.82, 2.24) is 25.4 Å². The highest BCUT2D eigenvalue weighted by Gasteiger charge is 2.64. The van der Waals surface area contributed by atoms with Crippen molar-refractivity contribution in [1.29, 1.82) is 5.26 Å². The van der Waals surface area contributed by atoms with Crippen LogP contribution in [0, 0.1) is 28.1 Å². The monoisotopic (exact) mass is 848 g/mol. The van der Waals surface area contributed by atoms with Gasteiger partial charge in [-0.25, -0.2) is 4.98 Å². The summed E-state index contributed by atoms with van der Waals surface area (Å²) in [6, 6.07) is 15.4. The average Bonchev–Trinajstić information content (AvgIpc) is 3.46. The first-order valence-electron chi connectivity index (χ1n) is 21.2. The Morgan fingerprint density at radius 1 is 0.934 bits per heavy atom. The van der Waals surface area contributed by atoms with Gasteiger partial charge in [-0.2, -0.15) is 5.26 Å². The van der Waals surface area contributed by atoms with Crippen molar-refractivity contribution in [2.24, 2.45) is 16.7 Å². The number of pyridine rings is 1. The SMILES string of the molecule is CC1CN(CC2CCN(c3ccc(C(=O)N[C@H]4C(C)(C)[C@H](Oc5ccc(C#N)c(Cl)c5)C4(C)C)cn3)CC2)CC(C)N1c1ccc2c(c1)C(=O)N(C1CCC(=O)NC1=O)C2=O. The first kappa shape index (κ1) is 42.2. The molecule has 15 heteroatoms. The molecule has 3 unspecified atom stereocenters.